The minimum absolute atomic E-state index is 0.242. The first-order chi connectivity index (χ1) is 7.45. The van der Waals surface area contributed by atoms with Crippen molar-refractivity contribution < 1.29 is 13.2 Å². The minimum Gasteiger partial charge on any atom is -0.398 e. The van der Waals surface area contributed by atoms with E-state index in [1.54, 1.807) is 6.07 Å². The van der Waals surface area contributed by atoms with Crippen molar-refractivity contribution in [3.63, 3.8) is 0 Å². The zero-order valence-corrected chi connectivity index (χ0v) is 9.06. The molecule has 1 aromatic carbocycles. The highest BCUT2D eigenvalue weighted by molar-refractivity contribution is 5.58. The fourth-order valence-electron chi connectivity index (χ4n) is 1.32. The van der Waals surface area contributed by atoms with Gasteiger partial charge >= 0.3 is 6.18 Å². The van der Waals surface area contributed by atoms with Crippen LogP contribution in [0.1, 0.15) is 25.3 Å². The number of unbranched alkanes of at least 4 members (excludes halogenated alkanes) is 1. The van der Waals surface area contributed by atoms with Gasteiger partial charge in [0.15, 0.2) is 0 Å². The van der Waals surface area contributed by atoms with Gasteiger partial charge in [0.05, 0.1) is 5.56 Å². The summed E-state index contributed by atoms with van der Waals surface area (Å²) in [5.74, 6) is 0. The van der Waals surface area contributed by atoms with Crippen molar-refractivity contribution >= 4 is 11.4 Å². The van der Waals surface area contributed by atoms with Crippen LogP contribution in [0.4, 0.5) is 24.5 Å². The Morgan fingerprint density at radius 2 is 2.00 bits per heavy atom. The highest BCUT2D eigenvalue weighted by Crippen LogP contribution is 2.35. The summed E-state index contributed by atoms with van der Waals surface area (Å²) in [6.45, 7) is 2.68. The van der Waals surface area contributed by atoms with Gasteiger partial charge in [-0.25, -0.2) is 0 Å². The number of rotatable bonds is 4. The van der Waals surface area contributed by atoms with Crippen LogP contribution in [0.15, 0.2) is 18.2 Å². The Bertz CT molecular complexity index is 348. The molecule has 90 valence electrons. The number of hydrogen-bond acceptors (Lipinski definition) is 2. The summed E-state index contributed by atoms with van der Waals surface area (Å²) < 4.78 is 37.5. The molecule has 0 aromatic heterocycles. The Morgan fingerprint density at radius 3 is 2.56 bits per heavy atom. The van der Waals surface area contributed by atoms with E-state index in [-0.39, 0.29) is 5.69 Å². The fourth-order valence-corrected chi connectivity index (χ4v) is 1.32. The third kappa shape index (κ3) is 3.32. The predicted molar refractivity (Wildman–Crippen MR) is 59.3 cm³/mol. The quantitative estimate of drug-likeness (QED) is 0.616. The van der Waals surface area contributed by atoms with Crippen LogP contribution in [0.2, 0.25) is 0 Å². The van der Waals surface area contributed by atoms with Crippen LogP contribution < -0.4 is 11.1 Å². The second kappa shape index (κ2) is 5.09. The molecule has 0 saturated heterocycles. The van der Waals surface area contributed by atoms with Crippen LogP contribution >= 0.6 is 0 Å². The van der Waals surface area contributed by atoms with E-state index in [9.17, 15) is 13.2 Å². The number of benzene rings is 1. The van der Waals surface area contributed by atoms with Gasteiger partial charge in [0.1, 0.15) is 0 Å². The molecule has 16 heavy (non-hydrogen) atoms. The molecule has 0 saturated carbocycles. The third-order valence-electron chi connectivity index (χ3n) is 2.22. The molecular formula is C11H15F3N2. The lowest BCUT2D eigenvalue weighted by molar-refractivity contribution is -0.136. The van der Waals surface area contributed by atoms with E-state index in [1.165, 1.54) is 6.07 Å². The van der Waals surface area contributed by atoms with Gasteiger partial charge in [0.2, 0.25) is 0 Å². The maximum atomic E-state index is 12.5. The first kappa shape index (κ1) is 12.7. The van der Waals surface area contributed by atoms with E-state index in [1.807, 2.05) is 6.92 Å². The summed E-state index contributed by atoms with van der Waals surface area (Å²) >= 11 is 0. The van der Waals surface area contributed by atoms with E-state index >= 15 is 0 Å². The molecule has 5 heteroatoms. The molecular weight excluding hydrogens is 217 g/mol. The van der Waals surface area contributed by atoms with Crippen molar-refractivity contribution in [3.8, 4) is 0 Å². The van der Waals surface area contributed by atoms with Crippen LogP contribution in [0.3, 0.4) is 0 Å². The standard InChI is InChI=1S/C11H15F3N2/c1-2-3-6-16-8-4-5-10(15)9(7-8)11(12,13)14/h4-5,7,16H,2-3,6,15H2,1H3. The maximum Gasteiger partial charge on any atom is 0.418 e. The fraction of sp³-hybridized carbons (Fsp3) is 0.455. The average molecular weight is 232 g/mol. The Morgan fingerprint density at radius 1 is 1.31 bits per heavy atom. The van der Waals surface area contributed by atoms with Crippen molar-refractivity contribution in [2.75, 3.05) is 17.6 Å². The average Bonchev–Trinajstić information content (AvgIpc) is 2.19. The van der Waals surface area contributed by atoms with Crippen molar-refractivity contribution in [2.45, 2.75) is 25.9 Å². The molecule has 0 aliphatic heterocycles. The first-order valence-corrected chi connectivity index (χ1v) is 5.15. The Hall–Kier alpha value is -1.39. The number of hydrogen-bond donors (Lipinski definition) is 2. The minimum atomic E-state index is -4.40. The molecule has 1 aromatic rings. The lowest BCUT2D eigenvalue weighted by atomic mass is 10.1. The smallest absolute Gasteiger partial charge is 0.398 e. The zero-order chi connectivity index (χ0) is 12.2. The molecule has 0 bridgehead atoms. The SMILES string of the molecule is CCCCNc1ccc(N)c(C(F)(F)F)c1. The van der Waals surface area contributed by atoms with Crippen LogP contribution in [-0.4, -0.2) is 6.54 Å². The van der Waals surface area contributed by atoms with Crippen LogP contribution in [0.5, 0.6) is 0 Å². The number of halogens is 3. The van der Waals surface area contributed by atoms with Crippen molar-refractivity contribution in [1.29, 1.82) is 0 Å². The monoisotopic (exact) mass is 232 g/mol. The largest absolute Gasteiger partial charge is 0.418 e. The molecule has 0 aliphatic carbocycles. The van der Waals surface area contributed by atoms with E-state index in [0.29, 0.717) is 12.2 Å². The van der Waals surface area contributed by atoms with Crippen molar-refractivity contribution in [3.05, 3.63) is 23.8 Å². The topological polar surface area (TPSA) is 38.0 Å². The molecule has 0 fully saturated rings. The molecule has 0 radical (unpaired) electrons. The molecule has 0 atom stereocenters. The van der Waals surface area contributed by atoms with Gasteiger partial charge < -0.3 is 11.1 Å². The molecule has 0 spiro atoms. The Kier molecular flexibility index (Phi) is 4.04. The van der Waals surface area contributed by atoms with Gasteiger partial charge in [-0.05, 0) is 24.6 Å². The third-order valence-corrected chi connectivity index (χ3v) is 2.22. The van der Waals surface area contributed by atoms with Gasteiger partial charge in [-0.2, -0.15) is 13.2 Å². The summed E-state index contributed by atoms with van der Waals surface area (Å²) in [6.07, 6.45) is -2.48. The van der Waals surface area contributed by atoms with Gasteiger partial charge in [0.25, 0.3) is 0 Å². The van der Waals surface area contributed by atoms with E-state index in [4.69, 9.17) is 5.73 Å². The summed E-state index contributed by atoms with van der Waals surface area (Å²) in [7, 11) is 0. The summed E-state index contributed by atoms with van der Waals surface area (Å²) in [5.41, 5.74) is 4.71. The highest BCUT2D eigenvalue weighted by Gasteiger charge is 2.33. The number of nitrogens with two attached hydrogens (primary N) is 1. The van der Waals surface area contributed by atoms with Crippen LogP contribution in [0.25, 0.3) is 0 Å². The van der Waals surface area contributed by atoms with Gasteiger partial charge in [-0.15, -0.1) is 0 Å². The molecule has 0 heterocycles. The van der Waals surface area contributed by atoms with E-state index in [2.05, 4.69) is 5.32 Å². The predicted octanol–water partition coefficient (Wildman–Crippen LogP) is 3.50. The summed E-state index contributed by atoms with van der Waals surface area (Å²) in [5, 5.41) is 2.93. The molecule has 1 rings (SSSR count). The van der Waals surface area contributed by atoms with Gasteiger partial charge in [0, 0.05) is 17.9 Å². The van der Waals surface area contributed by atoms with Gasteiger partial charge in [-0.3, -0.25) is 0 Å². The Balaban J connectivity index is 2.82. The van der Waals surface area contributed by atoms with Gasteiger partial charge in [-0.1, -0.05) is 13.3 Å². The van der Waals surface area contributed by atoms with Crippen molar-refractivity contribution in [2.24, 2.45) is 0 Å². The van der Waals surface area contributed by atoms with Crippen LogP contribution in [-0.2, 0) is 6.18 Å². The lowest BCUT2D eigenvalue weighted by Gasteiger charge is -2.12. The first-order valence-electron chi connectivity index (χ1n) is 5.15. The second-order valence-corrected chi connectivity index (χ2v) is 3.58. The van der Waals surface area contributed by atoms with Crippen LogP contribution in [0, 0.1) is 0 Å². The lowest BCUT2D eigenvalue weighted by Crippen LogP contribution is -2.10. The molecule has 2 nitrogen and oxygen atoms in total. The van der Waals surface area contributed by atoms with Crippen molar-refractivity contribution in [1.82, 2.24) is 0 Å². The number of alkyl halides is 3. The normalized spacial score (nSPS) is 11.5. The maximum absolute atomic E-state index is 12.5. The van der Waals surface area contributed by atoms with E-state index < -0.39 is 11.7 Å². The summed E-state index contributed by atoms with van der Waals surface area (Å²) in [4.78, 5) is 0. The molecule has 0 aliphatic rings. The summed E-state index contributed by atoms with van der Waals surface area (Å²) in [6, 6.07) is 3.88. The van der Waals surface area contributed by atoms with E-state index in [0.717, 1.165) is 18.9 Å². The molecule has 3 N–H and O–H groups in total. The molecule has 0 amide bonds. The zero-order valence-electron chi connectivity index (χ0n) is 9.06. The number of nitrogen functional groups attached to an aromatic ring is 1. The number of nitrogens with one attached hydrogen (secondary N) is 1. The number of anilines is 2. The molecule has 0 unspecified atom stereocenters. The highest BCUT2D eigenvalue weighted by atomic mass is 19.4. The Labute approximate surface area is 92.6 Å². The second-order valence-electron chi connectivity index (χ2n) is 3.58.